The molecule has 0 aromatic carbocycles. The van der Waals surface area contributed by atoms with E-state index in [4.69, 9.17) is 17.7 Å². The molecule has 1 aromatic rings. The van der Waals surface area contributed by atoms with Crippen LogP contribution in [0.1, 0.15) is 52.2 Å². The van der Waals surface area contributed by atoms with Crippen molar-refractivity contribution < 1.29 is 45.3 Å². The SMILES string of the molecule is CC(C)C[C@H](NC(=O)OC(C)(C)C)[C@@H](O)c1scc[n+]1C.O=S(=O)([O-])C(F)(F)F. The Kier molecular flexibility index (Phi) is 10.0. The van der Waals surface area contributed by atoms with E-state index in [9.17, 15) is 23.1 Å². The van der Waals surface area contributed by atoms with E-state index in [0.717, 1.165) is 5.01 Å². The zero-order valence-electron chi connectivity index (χ0n) is 17.0. The molecule has 0 aliphatic carbocycles. The van der Waals surface area contributed by atoms with E-state index in [1.165, 1.54) is 11.3 Å². The molecule has 1 rings (SSSR count). The summed E-state index contributed by atoms with van der Waals surface area (Å²) in [5, 5.41) is 16.1. The number of aliphatic hydroxyl groups is 1. The lowest BCUT2D eigenvalue weighted by Crippen LogP contribution is -2.45. The molecule has 2 atom stereocenters. The number of halogens is 3. The monoisotopic (exact) mass is 464 g/mol. The van der Waals surface area contributed by atoms with Gasteiger partial charge in [0, 0.05) is 0 Å². The minimum atomic E-state index is -6.09. The molecule has 1 heterocycles. The molecule has 1 aromatic heterocycles. The summed E-state index contributed by atoms with van der Waals surface area (Å²) in [5.74, 6) is 0.352. The quantitative estimate of drug-likeness (QED) is 0.393. The Hall–Kier alpha value is -1.44. The van der Waals surface area contributed by atoms with Crippen molar-refractivity contribution in [1.82, 2.24) is 5.32 Å². The van der Waals surface area contributed by atoms with Gasteiger partial charge < -0.3 is 19.7 Å². The number of aromatic nitrogens is 1. The zero-order chi connectivity index (χ0) is 23.2. The molecule has 0 aliphatic heterocycles. The van der Waals surface area contributed by atoms with Gasteiger partial charge in [0.05, 0.1) is 11.4 Å². The average Bonchev–Trinajstić information content (AvgIpc) is 2.88. The Morgan fingerprint density at radius 1 is 1.34 bits per heavy atom. The maximum absolute atomic E-state index is 12.0. The zero-order valence-corrected chi connectivity index (χ0v) is 18.6. The lowest BCUT2D eigenvalue weighted by Gasteiger charge is -2.26. The number of ether oxygens (including phenoxy) is 1. The van der Waals surface area contributed by atoms with Gasteiger partial charge in [0.25, 0.3) is 5.01 Å². The first-order valence-corrected chi connectivity index (χ1v) is 10.8. The topological polar surface area (TPSA) is 120 Å². The van der Waals surface area contributed by atoms with Gasteiger partial charge in [-0.1, -0.05) is 25.2 Å². The second-order valence-electron chi connectivity index (χ2n) is 7.58. The lowest BCUT2D eigenvalue weighted by molar-refractivity contribution is -0.677. The Labute approximate surface area is 172 Å². The highest BCUT2D eigenvalue weighted by molar-refractivity contribution is 7.86. The summed E-state index contributed by atoms with van der Waals surface area (Å²) in [7, 11) is -4.21. The first kappa shape index (κ1) is 27.6. The molecule has 0 aliphatic rings. The number of rotatable bonds is 5. The van der Waals surface area contributed by atoms with Crippen LogP contribution in [0.5, 0.6) is 0 Å². The number of nitrogens with zero attached hydrogens (tertiary/aromatic N) is 1. The van der Waals surface area contributed by atoms with Crippen LogP contribution < -0.4 is 9.88 Å². The molecule has 0 saturated carbocycles. The van der Waals surface area contributed by atoms with Crippen LogP contribution in [0, 0.1) is 5.92 Å². The van der Waals surface area contributed by atoms with Crippen LogP contribution in [0.2, 0.25) is 0 Å². The molecule has 29 heavy (non-hydrogen) atoms. The number of alkyl carbamates (subject to hydrolysis) is 1. The fourth-order valence-electron chi connectivity index (χ4n) is 2.03. The maximum Gasteiger partial charge on any atom is 0.485 e. The highest BCUT2D eigenvalue weighted by Crippen LogP contribution is 2.23. The van der Waals surface area contributed by atoms with E-state index in [2.05, 4.69) is 19.2 Å². The second kappa shape index (κ2) is 10.5. The van der Waals surface area contributed by atoms with Gasteiger partial charge in [-0.15, -0.1) is 0 Å². The highest BCUT2D eigenvalue weighted by Gasteiger charge is 2.37. The molecule has 0 bridgehead atoms. The number of hydrogen-bond donors (Lipinski definition) is 2. The Morgan fingerprint density at radius 2 is 1.83 bits per heavy atom. The molecule has 8 nitrogen and oxygen atoms in total. The van der Waals surface area contributed by atoms with Gasteiger partial charge in [-0.3, -0.25) is 0 Å². The van der Waals surface area contributed by atoms with Crippen molar-refractivity contribution in [1.29, 1.82) is 0 Å². The summed E-state index contributed by atoms with van der Waals surface area (Å²) in [4.78, 5) is 12.0. The summed E-state index contributed by atoms with van der Waals surface area (Å²) in [6, 6.07) is -0.371. The molecule has 0 spiro atoms. The van der Waals surface area contributed by atoms with Crippen LogP contribution in [-0.2, 0) is 21.9 Å². The third kappa shape index (κ3) is 10.8. The fourth-order valence-corrected chi connectivity index (χ4v) is 2.95. The molecule has 0 unspecified atom stereocenters. The summed E-state index contributed by atoms with van der Waals surface area (Å²) in [6.07, 6.45) is 1.33. The first-order chi connectivity index (χ1) is 12.8. The summed E-state index contributed by atoms with van der Waals surface area (Å²) in [5.41, 5.74) is -6.20. The van der Waals surface area contributed by atoms with E-state index in [-0.39, 0.29) is 6.04 Å². The van der Waals surface area contributed by atoms with Crippen molar-refractivity contribution in [2.24, 2.45) is 13.0 Å². The number of aryl methyl sites for hydroxylation is 1. The number of thiazole rings is 1. The third-order valence-corrected chi connectivity index (χ3v) is 4.76. The number of nitrogens with one attached hydrogen (secondary N) is 1. The van der Waals surface area contributed by atoms with Gasteiger partial charge in [0.15, 0.2) is 22.4 Å². The largest absolute Gasteiger partial charge is 0.741 e. The Bertz CT molecular complexity index is 757. The number of carbonyl (C=O) groups excluding carboxylic acids is 1. The van der Waals surface area contributed by atoms with Gasteiger partial charge in [0.1, 0.15) is 12.6 Å². The molecule has 0 fully saturated rings. The van der Waals surface area contributed by atoms with Gasteiger partial charge in [-0.05, 0) is 33.1 Å². The van der Waals surface area contributed by atoms with Crippen molar-refractivity contribution >= 4 is 27.5 Å². The third-order valence-electron chi connectivity index (χ3n) is 3.17. The van der Waals surface area contributed by atoms with Crippen LogP contribution in [0.15, 0.2) is 11.6 Å². The predicted octanol–water partition coefficient (Wildman–Crippen LogP) is 2.60. The minimum Gasteiger partial charge on any atom is -0.741 e. The van der Waals surface area contributed by atoms with Gasteiger partial charge >= 0.3 is 11.6 Å². The van der Waals surface area contributed by atoms with Crippen LogP contribution in [-0.4, -0.2) is 41.3 Å². The van der Waals surface area contributed by atoms with E-state index in [1.54, 1.807) is 0 Å². The molecule has 1 amide bonds. The summed E-state index contributed by atoms with van der Waals surface area (Å²) < 4.78 is 66.1. The lowest BCUT2D eigenvalue weighted by atomic mass is 9.99. The number of amides is 1. The molecule has 2 N–H and O–H groups in total. The van der Waals surface area contributed by atoms with E-state index in [0.29, 0.717) is 12.3 Å². The number of hydrogen-bond acceptors (Lipinski definition) is 7. The first-order valence-electron chi connectivity index (χ1n) is 8.48. The fraction of sp³-hybridized carbons (Fsp3) is 0.750. The molecule has 0 radical (unpaired) electrons. The number of alkyl halides is 3. The van der Waals surface area contributed by atoms with Crippen molar-refractivity contribution in [3.63, 3.8) is 0 Å². The second-order valence-corrected chi connectivity index (χ2v) is 9.88. The van der Waals surface area contributed by atoms with Crippen molar-refractivity contribution in [2.45, 2.75) is 64.3 Å². The normalized spacial score (nSPS) is 14.6. The molecule has 13 heteroatoms. The summed E-state index contributed by atoms with van der Waals surface area (Å²) in [6.45, 7) is 9.58. The van der Waals surface area contributed by atoms with Crippen molar-refractivity contribution in [2.75, 3.05) is 0 Å². The Morgan fingerprint density at radius 3 is 2.14 bits per heavy atom. The van der Waals surface area contributed by atoms with Crippen LogP contribution in [0.4, 0.5) is 18.0 Å². The van der Waals surface area contributed by atoms with E-state index < -0.39 is 33.4 Å². The molecular formula is C16H27F3N2O6S2. The smallest absolute Gasteiger partial charge is 0.485 e. The number of carbonyl (C=O) groups is 1. The molecule has 0 saturated heterocycles. The van der Waals surface area contributed by atoms with E-state index >= 15 is 0 Å². The summed E-state index contributed by atoms with van der Waals surface area (Å²) >= 11 is 1.47. The van der Waals surface area contributed by atoms with Crippen molar-refractivity contribution in [3.8, 4) is 0 Å². The highest BCUT2D eigenvalue weighted by atomic mass is 32.2. The predicted molar refractivity (Wildman–Crippen MR) is 98.8 cm³/mol. The molecular weight excluding hydrogens is 437 g/mol. The standard InChI is InChI=1S/C15H26N2O3S.CHF3O3S/c1-10(2)9-11(16-14(19)20-15(3,4)5)12(18)13-17(6)7-8-21-13;2-1(3,4)8(5,6)7/h7-8,10-12,18H,9H2,1-6H3;(H,5,6,7)/t11-,12+;/m0./s1. The van der Waals surface area contributed by atoms with Gasteiger partial charge in [-0.2, -0.15) is 17.7 Å². The number of aliphatic hydroxyl groups excluding tert-OH is 1. The molecule has 170 valence electrons. The van der Waals surface area contributed by atoms with Gasteiger partial charge in [-0.25, -0.2) is 13.2 Å². The maximum atomic E-state index is 12.0. The van der Waals surface area contributed by atoms with Crippen molar-refractivity contribution in [3.05, 3.63) is 16.6 Å². The average molecular weight is 465 g/mol. The van der Waals surface area contributed by atoms with Crippen LogP contribution >= 0.6 is 11.3 Å². The van der Waals surface area contributed by atoms with Gasteiger partial charge in [0.2, 0.25) is 0 Å². The Balaban J connectivity index is 0.000000828. The van der Waals surface area contributed by atoms with Crippen LogP contribution in [0.3, 0.4) is 0 Å². The van der Waals surface area contributed by atoms with E-state index in [1.807, 2.05) is 44.0 Å². The minimum absolute atomic E-state index is 0.352. The van der Waals surface area contributed by atoms with Crippen LogP contribution in [0.25, 0.3) is 0 Å².